The van der Waals surface area contributed by atoms with Gasteiger partial charge < -0.3 is 4.90 Å². The van der Waals surface area contributed by atoms with Gasteiger partial charge in [-0.3, -0.25) is 14.2 Å². The van der Waals surface area contributed by atoms with Crippen molar-refractivity contribution < 1.29 is 4.79 Å². The first kappa shape index (κ1) is 16.9. The maximum Gasteiger partial charge on any atom is 0.271 e. The molecule has 0 fully saturated rings. The Hall–Kier alpha value is -1.99. The molecule has 3 aromatic rings. The molecule has 3 heterocycles. The number of thiophene rings is 2. The highest BCUT2D eigenvalue weighted by Crippen LogP contribution is 2.14. The summed E-state index contributed by atoms with van der Waals surface area (Å²) in [6, 6.07) is 3.84. The summed E-state index contributed by atoms with van der Waals surface area (Å²) >= 11 is 2.98. The quantitative estimate of drug-likeness (QED) is 0.677. The van der Waals surface area contributed by atoms with Crippen molar-refractivity contribution in [2.75, 3.05) is 6.54 Å². The number of carbonyl (C=O) groups excluding carboxylic acids is 1. The summed E-state index contributed by atoms with van der Waals surface area (Å²) in [5.74, 6) is 0.303. The first-order valence-corrected chi connectivity index (χ1v) is 9.58. The van der Waals surface area contributed by atoms with E-state index in [2.05, 4.69) is 18.8 Å². The van der Waals surface area contributed by atoms with Crippen molar-refractivity contribution in [3.63, 3.8) is 0 Å². The van der Waals surface area contributed by atoms with Crippen molar-refractivity contribution in [2.24, 2.45) is 5.92 Å². The Kier molecular flexibility index (Phi) is 5.11. The van der Waals surface area contributed by atoms with Gasteiger partial charge >= 0.3 is 0 Å². The maximum atomic E-state index is 12.7. The molecule has 0 spiro atoms. The van der Waals surface area contributed by atoms with Gasteiger partial charge in [0.1, 0.15) is 11.2 Å². The lowest BCUT2D eigenvalue weighted by atomic mass is 10.2. The topological polar surface area (TPSA) is 55.2 Å². The third-order valence-electron chi connectivity index (χ3n) is 3.63. The van der Waals surface area contributed by atoms with Crippen LogP contribution in [0.5, 0.6) is 0 Å². The highest BCUT2D eigenvalue weighted by Gasteiger charge is 2.17. The van der Waals surface area contributed by atoms with E-state index in [1.54, 1.807) is 11.3 Å². The molecule has 126 valence electrons. The summed E-state index contributed by atoms with van der Waals surface area (Å²) in [7, 11) is 0. The summed E-state index contributed by atoms with van der Waals surface area (Å²) in [6.07, 6.45) is 1.47. The zero-order valence-corrected chi connectivity index (χ0v) is 15.3. The lowest BCUT2D eigenvalue weighted by molar-refractivity contribution is -0.133. The summed E-state index contributed by atoms with van der Waals surface area (Å²) in [4.78, 5) is 31.3. The lowest BCUT2D eigenvalue weighted by Gasteiger charge is -2.24. The normalized spacial score (nSPS) is 11.3. The van der Waals surface area contributed by atoms with E-state index in [4.69, 9.17) is 0 Å². The van der Waals surface area contributed by atoms with Gasteiger partial charge in [0.05, 0.1) is 11.8 Å². The predicted molar refractivity (Wildman–Crippen MR) is 98.5 cm³/mol. The number of amides is 1. The largest absolute Gasteiger partial charge is 0.337 e. The first-order valence-electron chi connectivity index (χ1n) is 7.76. The Bertz CT molecular complexity index is 881. The summed E-state index contributed by atoms with van der Waals surface area (Å²) in [5.41, 5.74) is 1.66. The SMILES string of the molecule is CC(C)CN(Cc1ccsc1)C(=O)Cn1cnc2ccsc2c1=O. The number of nitrogens with zero attached hydrogens (tertiary/aromatic N) is 3. The lowest BCUT2D eigenvalue weighted by Crippen LogP contribution is -2.38. The van der Waals surface area contributed by atoms with Gasteiger partial charge in [0.25, 0.3) is 5.56 Å². The van der Waals surface area contributed by atoms with Gasteiger partial charge in [-0.1, -0.05) is 13.8 Å². The van der Waals surface area contributed by atoms with E-state index in [0.717, 1.165) is 5.56 Å². The Morgan fingerprint density at radius 2 is 2.17 bits per heavy atom. The second-order valence-corrected chi connectivity index (χ2v) is 7.81. The molecule has 0 N–H and O–H groups in total. The minimum absolute atomic E-state index is 0.0243. The van der Waals surface area contributed by atoms with Crippen LogP contribution in [0.4, 0.5) is 0 Å². The highest BCUT2D eigenvalue weighted by atomic mass is 32.1. The van der Waals surface area contributed by atoms with Gasteiger partial charge in [-0.2, -0.15) is 11.3 Å². The molecule has 5 nitrogen and oxygen atoms in total. The molecule has 0 bridgehead atoms. The number of rotatable bonds is 6. The molecule has 0 aliphatic heterocycles. The van der Waals surface area contributed by atoms with Crippen LogP contribution in [-0.4, -0.2) is 26.9 Å². The molecule has 0 aromatic carbocycles. The van der Waals surface area contributed by atoms with E-state index in [1.807, 2.05) is 33.2 Å². The maximum absolute atomic E-state index is 12.7. The minimum Gasteiger partial charge on any atom is -0.337 e. The fourth-order valence-electron chi connectivity index (χ4n) is 2.54. The molecule has 0 aliphatic carbocycles. The zero-order valence-electron chi connectivity index (χ0n) is 13.6. The monoisotopic (exact) mass is 361 g/mol. The van der Waals surface area contributed by atoms with E-state index in [9.17, 15) is 9.59 Å². The van der Waals surface area contributed by atoms with Crippen molar-refractivity contribution in [3.8, 4) is 0 Å². The molecular weight excluding hydrogens is 342 g/mol. The zero-order chi connectivity index (χ0) is 17.1. The molecule has 0 atom stereocenters. The predicted octanol–water partition coefficient (Wildman–Crippen LogP) is 3.20. The van der Waals surface area contributed by atoms with Crippen molar-refractivity contribution >= 4 is 38.8 Å². The van der Waals surface area contributed by atoms with Crippen LogP contribution in [0.25, 0.3) is 10.2 Å². The average molecular weight is 361 g/mol. The summed E-state index contributed by atoms with van der Waals surface area (Å²) < 4.78 is 2.00. The molecule has 7 heteroatoms. The van der Waals surface area contributed by atoms with Crippen molar-refractivity contribution in [3.05, 3.63) is 50.5 Å². The Balaban J connectivity index is 1.81. The average Bonchev–Trinajstić information content (AvgIpc) is 3.20. The van der Waals surface area contributed by atoms with Gasteiger partial charge in [0.15, 0.2) is 0 Å². The van der Waals surface area contributed by atoms with Gasteiger partial charge in [-0.15, -0.1) is 11.3 Å². The highest BCUT2D eigenvalue weighted by molar-refractivity contribution is 7.17. The Morgan fingerprint density at radius 1 is 1.33 bits per heavy atom. The summed E-state index contributed by atoms with van der Waals surface area (Å²) in [6.45, 7) is 5.43. The van der Waals surface area contributed by atoms with E-state index in [0.29, 0.717) is 29.2 Å². The molecule has 0 saturated heterocycles. The summed E-state index contributed by atoms with van der Waals surface area (Å²) in [5, 5.41) is 5.89. The number of carbonyl (C=O) groups is 1. The first-order chi connectivity index (χ1) is 11.5. The van der Waals surface area contributed by atoms with Gasteiger partial charge in [0, 0.05) is 13.1 Å². The van der Waals surface area contributed by atoms with Crippen LogP contribution in [0.15, 0.2) is 39.4 Å². The second-order valence-electron chi connectivity index (χ2n) is 6.11. The molecule has 0 radical (unpaired) electrons. The number of hydrogen-bond donors (Lipinski definition) is 0. The number of fused-ring (bicyclic) bond motifs is 1. The van der Waals surface area contributed by atoms with Crippen LogP contribution < -0.4 is 5.56 Å². The fourth-order valence-corrected chi connectivity index (χ4v) is 3.99. The van der Waals surface area contributed by atoms with Crippen LogP contribution in [-0.2, 0) is 17.9 Å². The standard InChI is InChI=1S/C17H19N3O2S2/c1-12(2)7-19(8-13-3-5-23-10-13)15(21)9-20-11-18-14-4-6-24-16(14)17(20)22/h3-6,10-12H,7-9H2,1-2H3. The van der Waals surface area contributed by atoms with Crippen LogP contribution >= 0.6 is 22.7 Å². The molecule has 3 aromatic heterocycles. The van der Waals surface area contributed by atoms with Crippen molar-refractivity contribution in [2.45, 2.75) is 26.9 Å². The molecule has 0 aliphatic rings. The molecule has 0 unspecified atom stereocenters. The van der Waals surface area contributed by atoms with Gasteiger partial charge in [0.2, 0.25) is 5.91 Å². The van der Waals surface area contributed by atoms with Crippen molar-refractivity contribution in [1.29, 1.82) is 0 Å². The third-order valence-corrected chi connectivity index (χ3v) is 5.26. The second kappa shape index (κ2) is 7.27. The van der Waals surface area contributed by atoms with E-state index in [1.165, 1.54) is 22.2 Å². The Labute approximate surface area is 148 Å². The van der Waals surface area contributed by atoms with E-state index >= 15 is 0 Å². The molecule has 0 saturated carbocycles. The van der Waals surface area contributed by atoms with Crippen LogP contribution in [0.1, 0.15) is 19.4 Å². The number of hydrogen-bond acceptors (Lipinski definition) is 5. The van der Waals surface area contributed by atoms with E-state index in [-0.39, 0.29) is 18.0 Å². The fraction of sp³-hybridized carbons (Fsp3) is 0.353. The third kappa shape index (κ3) is 3.73. The van der Waals surface area contributed by atoms with E-state index < -0.39 is 0 Å². The molecular formula is C17H19N3O2S2. The van der Waals surface area contributed by atoms with Crippen LogP contribution in [0.3, 0.4) is 0 Å². The molecule has 3 rings (SSSR count). The Morgan fingerprint density at radius 3 is 2.88 bits per heavy atom. The molecule has 24 heavy (non-hydrogen) atoms. The van der Waals surface area contributed by atoms with Crippen LogP contribution in [0, 0.1) is 5.92 Å². The minimum atomic E-state index is -0.150. The van der Waals surface area contributed by atoms with Crippen molar-refractivity contribution in [1.82, 2.24) is 14.5 Å². The van der Waals surface area contributed by atoms with Crippen LogP contribution in [0.2, 0.25) is 0 Å². The molecule has 1 amide bonds. The smallest absolute Gasteiger partial charge is 0.271 e. The number of aromatic nitrogens is 2. The van der Waals surface area contributed by atoms with Gasteiger partial charge in [-0.25, -0.2) is 4.98 Å². The van der Waals surface area contributed by atoms with Gasteiger partial charge in [-0.05, 0) is 39.8 Å².